The minimum absolute atomic E-state index is 0.0567. The summed E-state index contributed by atoms with van der Waals surface area (Å²) >= 11 is 6.75. The second kappa shape index (κ2) is 10.1. The fourth-order valence-electron chi connectivity index (χ4n) is 5.00. The lowest BCUT2D eigenvalue weighted by atomic mass is 9.81. The highest BCUT2D eigenvalue weighted by molar-refractivity contribution is 6.35. The van der Waals surface area contributed by atoms with E-state index in [0.717, 1.165) is 19.3 Å². The van der Waals surface area contributed by atoms with E-state index in [-0.39, 0.29) is 17.5 Å². The molecule has 1 unspecified atom stereocenters. The van der Waals surface area contributed by atoms with E-state index in [4.69, 9.17) is 16.3 Å². The molecule has 3 heterocycles. The van der Waals surface area contributed by atoms with Crippen molar-refractivity contribution in [3.8, 4) is 6.07 Å². The van der Waals surface area contributed by atoms with Gasteiger partial charge in [-0.25, -0.2) is 9.07 Å². The highest BCUT2D eigenvalue weighted by Crippen LogP contribution is 2.39. The van der Waals surface area contributed by atoms with Crippen LogP contribution in [0, 0.1) is 22.6 Å². The molecule has 2 atom stereocenters. The Balaban J connectivity index is 1.45. The van der Waals surface area contributed by atoms with Gasteiger partial charge in [-0.15, -0.1) is 5.10 Å². The van der Waals surface area contributed by atoms with E-state index >= 15 is 0 Å². The van der Waals surface area contributed by atoms with Gasteiger partial charge in [0, 0.05) is 35.3 Å². The maximum absolute atomic E-state index is 13.8. The summed E-state index contributed by atoms with van der Waals surface area (Å²) in [6.07, 6.45) is 6.11. The standard InChI is InChI=1S/C29H29ClFN7O/c1-29(2)16-39-10-9-25(29)35-26-18(13-32)14-33-28-22(26)11-20(12-23(28)30)34-27(17-3-5-19(31)6-4-17)24-15-38(37-36-24)21-7-8-21/h3-6,11-12,14-15,21,25,27,34H,7-10,16H2,1-2H3,(H,33,35)/t25?,27-/m0/s1/i27D. The summed E-state index contributed by atoms with van der Waals surface area (Å²) in [5, 5.41) is 26.4. The molecule has 4 aromatic rings. The van der Waals surface area contributed by atoms with Crippen LogP contribution in [-0.2, 0) is 4.74 Å². The molecule has 6 rings (SSSR count). The van der Waals surface area contributed by atoms with Crippen LogP contribution in [-0.4, -0.2) is 39.2 Å². The molecule has 1 saturated carbocycles. The van der Waals surface area contributed by atoms with E-state index in [1.807, 2.05) is 6.07 Å². The molecule has 200 valence electrons. The van der Waals surface area contributed by atoms with Crippen LogP contribution in [0.15, 0.2) is 48.8 Å². The van der Waals surface area contributed by atoms with Crippen molar-refractivity contribution < 1.29 is 10.5 Å². The number of rotatable bonds is 7. The number of benzene rings is 2. The summed E-state index contributed by atoms with van der Waals surface area (Å²) in [4.78, 5) is 4.47. The summed E-state index contributed by atoms with van der Waals surface area (Å²) < 4.78 is 30.9. The number of anilines is 2. The Hall–Kier alpha value is -3.74. The Labute approximate surface area is 232 Å². The quantitative estimate of drug-likeness (QED) is 0.282. The first kappa shape index (κ1) is 24.3. The third kappa shape index (κ3) is 5.14. The Morgan fingerprint density at radius 3 is 2.77 bits per heavy atom. The lowest BCUT2D eigenvalue weighted by molar-refractivity contribution is 0.00350. The summed E-state index contributed by atoms with van der Waals surface area (Å²) in [6.45, 7) is 5.49. The number of aromatic nitrogens is 4. The summed E-state index contributed by atoms with van der Waals surface area (Å²) in [5.74, 6) is -0.400. The topological polar surface area (TPSA) is 101 Å². The van der Waals surface area contributed by atoms with Gasteiger partial charge in [0.05, 0.1) is 48.0 Å². The first-order valence-electron chi connectivity index (χ1n) is 13.5. The van der Waals surface area contributed by atoms with Crippen LogP contribution in [0.3, 0.4) is 0 Å². The fourth-order valence-corrected chi connectivity index (χ4v) is 5.26. The zero-order valence-corrected chi connectivity index (χ0v) is 22.5. The summed E-state index contributed by atoms with van der Waals surface area (Å²) in [7, 11) is 0. The van der Waals surface area contributed by atoms with Gasteiger partial charge in [0.25, 0.3) is 0 Å². The van der Waals surface area contributed by atoms with Crippen molar-refractivity contribution >= 4 is 33.9 Å². The van der Waals surface area contributed by atoms with Crippen LogP contribution >= 0.6 is 11.6 Å². The van der Waals surface area contributed by atoms with E-state index in [1.165, 1.54) is 18.3 Å². The van der Waals surface area contributed by atoms with Gasteiger partial charge >= 0.3 is 0 Å². The summed E-state index contributed by atoms with van der Waals surface area (Å²) in [6, 6.07) is 10.3. The van der Waals surface area contributed by atoms with Gasteiger partial charge in [-0.05, 0) is 49.1 Å². The van der Waals surface area contributed by atoms with Crippen molar-refractivity contribution in [1.29, 1.82) is 5.26 Å². The number of pyridine rings is 1. The number of nitrogens with zero attached hydrogens (tertiary/aromatic N) is 5. The number of halogens is 2. The number of nitrogens with one attached hydrogen (secondary N) is 2. The molecule has 2 fully saturated rings. The van der Waals surface area contributed by atoms with Gasteiger partial charge in [-0.3, -0.25) is 4.98 Å². The molecule has 2 aliphatic rings. The average Bonchev–Trinajstić information content (AvgIpc) is 3.65. The molecule has 2 aromatic carbocycles. The minimum Gasteiger partial charge on any atom is -0.381 e. The predicted molar refractivity (Wildman–Crippen MR) is 148 cm³/mol. The first-order valence-corrected chi connectivity index (χ1v) is 13.4. The van der Waals surface area contributed by atoms with Crippen LogP contribution in [0.1, 0.15) is 63.4 Å². The van der Waals surface area contributed by atoms with Gasteiger partial charge in [0.15, 0.2) is 0 Å². The monoisotopic (exact) mass is 546 g/mol. The van der Waals surface area contributed by atoms with Crippen LogP contribution < -0.4 is 10.6 Å². The zero-order valence-electron chi connectivity index (χ0n) is 22.7. The molecule has 10 heteroatoms. The molecular formula is C29H29ClFN7O. The third-order valence-electron chi connectivity index (χ3n) is 7.42. The molecular weight excluding hydrogens is 517 g/mol. The highest BCUT2D eigenvalue weighted by Gasteiger charge is 2.34. The molecule has 39 heavy (non-hydrogen) atoms. The number of hydrogen-bond acceptors (Lipinski definition) is 7. The summed E-state index contributed by atoms with van der Waals surface area (Å²) in [5.41, 5.74) is 2.78. The van der Waals surface area contributed by atoms with E-state index < -0.39 is 11.8 Å². The Kier molecular flexibility index (Phi) is 6.30. The second-order valence-electron chi connectivity index (χ2n) is 10.9. The molecule has 1 aliphatic heterocycles. The molecule has 2 N–H and O–H groups in total. The second-order valence-corrected chi connectivity index (χ2v) is 11.3. The van der Waals surface area contributed by atoms with E-state index in [0.29, 0.717) is 57.3 Å². The number of fused-ring (bicyclic) bond motifs is 1. The molecule has 2 aromatic heterocycles. The molecule has 0 radical (unpaired) electrons. The molecule has 0 amide bonds. The molecule has 0 bridgehead atoms. The van der Waals surface area contributed by atoms with E-state index in [2.05, 4.69) is 45.8 Å². The van der Waals surface area contributed by atoms with Crippen molar-refractivity contribution in [1.82, 2.24) is 20.0 Å². The van der Waals surface area contributed by atoms with Crippen molar-refractivity contribution in [2.45, 2.75) is 51.2 Å². The SMILES string of the molecule is [2H][C@](Nc1cc(Cl)c2ncc(C#N)c(NC3CCOCC3(C)C)c2c1)(c1ccc(F)cc1)c1cn(C2CC2)nn1. The first-order chi connectivity index (χ1) is 19.2. The van der Waals surface area contributed by atoms with Gasteiger partial charge in [0.2, 0.25) is 0 Å². The zero-order chi connectivity index (χ0) is 28.1. The van der Waals surface area contributed by atoms with Gasteiger partial charge < -0.3 is 15.4 Å². The molecule has 0 spiro atoms. The normalized spacial score (nSPS) is 20.6. The smallest absolute Gasteiger partial charge is 0.123 e. The van der Waals surface area contributed by atoms with Crippen molar-refractivity contribution in [2.24, 2.45) is 5.41 Å². The number of nitriles is 1. The fraction of sp³-hybridized carbons (Fsp3) is 0.379. The van der Waals surface area contributed by atoms with E-state index in [1.54, 1.807) is 29.1 Å². The molecule has 1 aliphatic carbocycles. The average molecular weight is 547 g/mol. The molecule has 8 nitrogen and oxygen atoms in total. The maximum Gasteiger partial charge on any atom is 0.123 e. The van der Waals surface area contributed by atoms with Gasteiger partial charge in [0.1, 0.15) is 17.6 Å². The van der Waals surface area contributed by atoms with Crippen LogP contribution in [0.2, 0.25) is 5.02 Å². The number of hydrogen-bond donors (Lipinski definition) is 2. The molecule has 1 saturated heterocycles. The predicted octanol–water partition coefficient (Wildman–Crippen LogP) is 6.25. The van der Waals surface area contributed by atoms with E-state index in [9.17, 15) is 11.0 Å². The van der Waals surface area contributed by atoms with Crippen LogP contribution in [0.4, 0.5) is 15.8 Å². The van der Waals surface area contributed by atoms with Gasteiger partial charge in [-0.2, -0.15) is 5.26 Å². The minimum atomic E-state index is -1.60. The van der Waals surface area contributed by atoms with Crippen LogP contribution in [0.5, 0.6) is 0 Å². The third-order valence-corrected chi connectivity index (χ3v) is 7.71. The number of ether oxygens (including phenoxy) is 1. The maximum atomic E-state index is 13.8. The van der Waals surface area contributed by atoms with Crippen LogP contribution in [0.25, 0.3) is 10.9 Å². The highest BCUT2D eigenvalue weighted by atomic mass is 35.5. The lowest BCUT2D eigenvalue weighted by Crippen LogP contribution is -2.44. The van der Waals surface area contributed by atoms with Gasteiger partial charge in [-0.1, -0.05) is 42.8 Å². The van der Waals surface area contributed by atoms with Crippen molar-refractivity contribution in [3.05, 3.63) is 76.5 Å². The Bertz CT molecular complexity index is 1620. The largest absolute Gasteiger partial charge is 0.381 e. The Morgan fingerprint density at radius 1 is 1.26 bits per heavy atom. The lowest BCUT2D eigenvalue weighted by Gasteiger charge is -2.39. The van der Waals surface area contributed by atoms with Crippen molar-refractivity contribution in [2.75, 3.05) is 23.8 Å². The van der Waals surface area contributed by atoms with Crippen molar-refractivity contribution in [3.63, 3.8) is 0 Å². The Morgan fingerprint density at radius 2 is 2.05 bits per heavy atom.